The fourth-order valence-corrected chi connectivity index (χ4v) is 5.05. The minimum Gasteiger partial charge on any atom is -0.455 e. The third kappa shape index (κ3) is 5.08. The summed E-state index contributed by atoms with van der Waals surface area (Å²) in [5.41, 5.74) is 3.16. The average Bonchev–Trinajstić information content (AvgIpc) is 3.09. The van der Waals surface area contributed by atoms with Crippen molar-refractivity contribution in [3.63, 3.8) is 0 Å². The SMILES string of the molecule is Cc1ccc(S(=O)(=O)N/N=C2\CCCc3oc(C(=O)Nc4cc(Cl)cc(Cl)c4)c(C)c32)cc1. The van der Waals surface area contributed by atoms with Gasteiger partial charge in [-0.1, -0.05) is 40.9 Å². The van der Waals surface area contributed by atoms with Crippen molar-refractivity contribution in [2.24, 2.45) is 5.10 Å². The number of anilines is 1. The Morgan fingerprint density at radius 2 is 1.70 bits per heavy atom. The highest BCUT2D eigenvalue weighted by atomic mass is 35.5. The Morgan fingerprint density at radius 1 is 1.03 bits per heavy atom. The molecule has 0 radical (unpaired) electrons. The van der Waals surface area contributed by atoms with Crippen molar-refractivity contribution in [3.8, 4) is 0 Å². The maximum atomic E-state index is 12.9. The number of halogens is 2. The van der Waals surface area contributed by atoms with Gasteiger partial charge < -0.3 is 9.73 Å². The molecule has 0 aliphatic heterocycles. The quantitative estimate of drug-likeness (QED) is 0.448. The van der Waals surface area contributed by atoms with Crippen molar-refractivity contribution < 1.29 is 17.6 Å². The minimum absolute atomic E-state index is 0.123. The van der Waals surface area contributed by atoms with Gasteiger partial charge in [-0.15, -0.1) is 0 Å². The molecule has 3 aromatic rings. The lowest BCUT2D eigenvalue weighted by molar-refractivity contribution is 0.0994. The van der Waals surface area contributed by atoms with Crippen molar-refractivity contribution in [2.75, 3.05) is 5.32 Å². The van der Waals surface area contributed by atoms with Crippen molar-refractivity contribution >= 4 is 50.5 Å². The van der Waals surface area contributed by atoms with Crippen LogP contribution in [0, 0.1) is 13.8 Å². The van der Waals surface area contributed by atoms with Crippen LogP contribution in [0.5, 0.6) is 0 Å². The fourth-order valence-electron chi connectivity index (χ4n) is 3.70. The molecule has 0 unspecified atom stereocenters. The first kappa shape index (κ1) is 23.4. The summed E-state index contributed by atoms with van der Waals surface area (Å²) in [4.78, 5) is 15.3. The predicted octanol–water partition coefficient (Wildman–Crippen LogP) is 5.47. The maximum absolute atomic E-state index is 12.9. The summed E-state index contributed by atoms with van der Waals surface area (Å²) in [5.74, 6) is 0.271. The topological polar surface area (TPSA) is 101 Å². The van der Waals surface area contributed by atoms with Crippen LogP contribution in [0.25, 0.3) is 0 Å². The first-order chi connectivity index (χ1) is 15.6. The number of furan rings is 1. The summed E-state index contributed by atoms with van der Waals surface area (Å²) in [7, 11) is -3.82. The monoisotopic (exact) mass is 505 g/mol. The second-order valence-corrected chi connectivity index (χ2v) is 10.3. The fraction of sp³-hybridized carbons (Fsp3) is 0.217. The third-order valence-corrected chi connectivity index (χ3v) is 6.95. The third-order valence-electron chi connectivity index (χ3n) is 5.28. The van der Waals surface area contributed by atoms with E-state index in [4.69, 9.17) is 27.6 Å². The van der Waals surface area contributed by atoms with E-state index in [1.165, 1.54) is 12.1 Å². The van der Waals surface area contributed by atoms with Gasteiger partial charge in [-0.3, -0.25) is 4.79 Å². The lowest BCUT2D eigenvalue weighted by Gasteiger charge is -2.14. The van der Waals surface area contributed by atoms with E-state index in [1.54, 1.807) is 37.3 Å². The number of hydrazone groups is 1. The zero-order chi connectivity index (χ0) is 23.8. The summed E-state index contributed by atoms with van der Waals surface area (Å²) in [6, 6.07) is 11.2. The molecule has 172 valence electrons. The summed E-state index contributed by atoms with van der Waals surface area (Å²) >= 11 is 12.0. The van der Waals surface area contributed by atoms with Gasteiger partial charge in [0.2, 0.25) is 0 Å². The van der Waals surface area contributed by atoms with Crippen LogP contribution in [0.3, 0.4) is 0 Å². The van der Waals surface area contributed by atoms with Gasteiger partial charge in [-0.2, -0.15) is 18.4 Å². The molecule has 10 heteroatoms. The molecule has 1 heterocycles. The molecule has 4 rings (SSSR count). The highest BCUT2D eigenvalue weighted by Crippen LogP contribution is 2.31. The van der Waals surface area contributed by atoms with E-state index in [0.717, 1.165) is 12.0 Å². The molecule has 0 fully saturated rings. The van der Waals surface area contributed by atoms with Gasteiger partial charge in [-0.25, -0.2) is 0 Å². The minimum atomic E-state index is -3.82. The molecule has 1 aromatic heterocycles. The highest BCUT2D eigenvalue weighted by Gasteiger charge is 2.28. The molecular formula is C23H21Cl2N3O4S. The number of sulfonamides is 1. The molecule has 0 atom stereocenters. The molecule has 2 N–H and O–H groups in total. The number of nitrogens with zero attached hydrogens (tertiary/aromatic N) is 1. The average molecular weight is 506 g/mol. The van der Waals surface area contributed by atoms with Gasteiger partial charge in [0, 0.05) is 33.3 Å². The number of aryl methyl sites for hydroxylation is 2. The number of rotatable bonds is 5. The number of hydrogen-bond donors (Lipinski definition) is 2. The molecule has 1 amide bonds. The van der Waals surface area contributed by atoms with Crippen molar-refractivity contribution in [1.29, 1.82) is 0 Å². The standard InChI is InChI=1S/C23H21Cl2N3O4S/c1-13-6-8-18(9-7-13)33(30,31)28-27-19-4-3-5-20-21(19)14(2)22(32-20)23(29)26-17-11-15(24)10-16(25)12-17/h6-12,28H,3-5H2,1-2H3,(H,26,29)/b27-19+. The Labute approximate surface area is 201 Å². The van der Waals surface area contributed by atoms with Crippen molar-refractivity contribution in [3.05, 3.63) is 80.7 Å². The largest absolute Gasteiger partial charge is 0.455 e. The molecule has 0 saturated carbocycles. The van der Waals surface area contributed by atoms with Crippen LogP contribution in [-0.4, -0.2) is 20.0 Å². The molecule has 33 heavy (non-hydrogen) atoms. The van der Waals surface area contributed by atoms with Gasteiger partial charge in [0.15, 0.2) is 5.76 Å². The van der Waals surface area contributed by atoms with Gasteiger partial charge in [-0.05, 0) is 57.0 Å². The normalized spacial score (nSPS) is 14.7. The molecule has 0 spiro atoms. The number of carbonyl (C=O) groups is 1. The Hall–Kier alpha value is -2.81. The Balaban J connectivity index is 1.60. The van der Waals surface area contributed by atoms with Crippen LogP contribution in [-0.2, 0) is 16.4 Å². The zero-order valence-corrected chi connectivity index (χ0v) is 20.2. The van der Waals surface area contributed by atoms with Crippen LogP contribution in [0.1, 0.15) is 45.8 Å². The smallest absolute Gasteiger partial charge is 0.291 e. The molecule has 7 nitrogen and oxygen atoms in total. The molecule has 1 aliphatic carbocycles. The van der Waals surface area contributed by atoms with E-state index in [-0.39, 0.29) is 10.7 Å². The van der Waals surface area contributed by atoms with Crippen LogP contribution < -0.4 is 10.1 Å². The van der Waals surface area contributed by atoms with Crippen molar-refractivity contribution in [2.45, 2.75) is 38.0 Å². The maximum Gasteiger partial charge on any atom is 0.291 e. The van der Waals surface area contributed by atoms with Crippen LogP contribution in [0.2, 0.25) is 10.0 Å². The Morgan fingerprint density at radius 3 is 2.36 bits per heavy atom. The first-order valence-electron chi connectivity index (χ1n) is 10.2. The number of amides is 1. The van der Waals surface area contributed by atoms with Gasteiger partial charge in [0.1, 0.15) is 5.76 Å². The van der Waals surface area contributed by atoms with E-state index in [1.807, 2.05) is 6.92 Å². The molecule has 0 bridgehead atoms. The van der Waals surface area contributed by atoms with E-state index >= 15 is 0 Å². The van der Waals surface area contributed by atoms with Gasteiger partial charge in [0.25, 0.3) is 15.9 Å². The number of carbonyl (C=O) groups excluding carboxylic acids is 1. The number of hydrogen-bond acceptors (Lipinski definition) is 5. The van der Waals surface area contributed by atoms with Crippen molar-refractivity contribution in [1.82, 2.24) is 4.83 Å². The summed E-state index contributed by atoms with van der Waals surface area (Å²) < 4.78 is 31.1. The molecule has 1 aliphatic rings. The lowest BCUT2D eigenvalue weighted by atomic mass is 9.93. The van der Waals surface area contributed by atoms with E-state index in [9.17, 15) is 13.2 Å². The van der Waals surface area contributed by atoms with Gasteiger partial charge >= 0.3 is 0 Å². The Kier molecular flexibility index (Phi) is 6.52. The summed E-state index contributed by atoms with van der Waals surface area (Å²) in [5, 5.41) is 7.71. The lowest BCUT2D eigenvalue weighted by Crippen LogP contribution is -2.22. The molecular weight excluding hydrogens is 485 g/mol. The van der Waals surface area contributed by atoms with E-state index < -0.39 is 15.9 Å². The molecule has 2 aromatic carbocycles. The van der Waals surface area contributed by atoms with E-state index in [0.29, 0.717) is 51.2 Å². The Bertz CT molecular complexity index is 1340. The van der Waals surface area contributed by atoms with Crippen LogP contribution in [0.15, 0.2) is 56.9 Å². The van der Waals surface area contributed by atoms with E-state index in [2.05, 4.69) is 15.2 Å². The second-order valence-electron chi connectivity index (χ2n) is 7.79. The molecule has 0 saturated heterocycles. The van der Waals surface area contributed by atoms with Crippen LogP contribution in [0.4, 0.5) is 5.69 Å². The predicted molar refractivity (Wildman–Crippen MR) is 129 cm³/mol. The second kappa shape index (κ2) is 9.21. The number of benzene rings is 2. The van der Waals surface area contributed by atoms with Crippen LogP contribution >= 0.6 is 23.2 Å². The first-order valence-corrected chi connectivity index (χ1v) is 12.4. The number of fused-ring (bicyclic) bond motifs is 1. The summed E-state index contributed by atoms with van der Waals surface area (Å²) in [6.07, 6.45) is 1.89. The zero-order valence-electron chi connectivity index (χ0n) is 17.9. The number of nitrogens with one attached hydrogen (secondary N) is 2. The highest BCUT2D eigenvalue weighted by molar-refractivity contribution is 7.89. The van der Waals surface area contributed by atoms with Gasteiger partial charge in [0.05, 0.1) is 10.6 Å². The summed E-state index contributed by atoms with van der Waals surface area (Å²) in [6.45, 7) is 3.63.